The van der Waals surface area contributed by atoms with Gasteiger partial charge in [-0.25, -0.2) is 8.78 Å². The second kappa shape index (κ2) is 8.19. The Balaban J connectivity index is 1.74. The van der Waals surface area contributed by atoms with Crippen molar-refractivity contribution in [3.63, 3.8) is 0 Å². The van der Waals surface area contributed by atoms with Crippen LogP contribution in [-0.4, -0.2) is 11.0 Å². The van der Waals surface area contributed by atoms with Gasteiger partial charge in [0.1, 0.15) is 11.6 Å². The molecule has 0 heterocycles. The predicted octanol–water partition coefficient (Wildman–Crippen LogP) is 2.92. The SMILES string of the molecule is O=C(CCc1ccccc1)NNC(=S)Nc1ccc(F)cc1F. The van der Waals surface area contributed by atoms with Crippen molar-refractivity contribution in [1.29, 1.82) is 0 Å². The summed E-state index contributed by atoms with van der Waals surface area (Å²) in [7, 11) is 0. The average molecular weight is 335 g/mol. The van der Waals surface area contributed by atoms with E-state index in [1.165, 1.54) is 6.07 Å². The van der Waals surface area contributed by atoms with E-state index in [0.29, 0.717) is 6.42 Å². The highest BCUT2D eigenvalue weighted by molar-refractivity contribution is 7.80. The number of amides is 1. The quantitative estimate of drug-likeness (QED) is 0.594. The Morgan fingerprint density at radius 3 is 2.48 bits per heavy atom. The lowest BCUT2D eigenvalue weighted by atomic mass is 10.1. The third-order valence-corrected chi connectivity index (χ3v) is 3.18. The molecule has 0 bridgehead atoms. The van der Waals surface area contributed by atoms with Crippen molar-refractivity contribution in [2.45, 2.75) is 12.8 Å². The molecule has 2 rings (SSSR count). The predicted molar refractivity (Wildman–Crippen MR) is 88.6 cm³/mol. The molecule has 0 aliphatic rings. The number of hydrazine groups is 1. The minimum Gasteiger partial charge on any atom is -0.329 e. The number of hydrogen-bond acceptors (Lipinski definition) is 2. The highest BCUT2D eigenvalue weighted by Gasteiger charge is 2.07. The molecule has 0 saturated heterocycles. The second-order valence-corrected chi connectivity index (χ2v) is 5.15. The van der Waals surface area contributed by atoms with Gasteiger partial charge in [0.05, 0.1) is 5.69 Å². The van der Waals surface area contributed by atoms with Crippen LogP contribution in [0.2, 0.25) is 0 Å². The first-order valence-electron chi connectivity index (χ1n) is 6.89. The van der Waals surface area contributed by atoms with Crippen molar-refractivity contribution in [1.82, 2.24) is 10.9 Å². The first kappa shape index (κ1) is 16.8. The van der Waals surface area contributed by atoms with Gasteiger partial charge in [0.15, 0.2) is 5.11 Å². The Hall–Kier alpha value is -2.54. The number of nitrogens with one attached hydrogen (secondary N) is 3. The third kappa shape index (κ3) is 5.63. The fraction of sp³-hybridized carbons (Fsp3) is 0.125. The lowest BCUT2D eigenvalue weighted by molar-refractivity contribution is -0.121. The molecule has 0 aliphatic heterocycles. The number of hydrogen-bond donors (Lipinski definition) is 3. The molecule has 0 atom stereocenters. The molecule has 4 nitrogen and oxygen atoms in total. The average Bonchev–Trinajstić information content (AvgIpc) is 2.54. The van der Waals surface area contributed by atoms with Gasteiger partial charge in [0.25, 0.3) is 0 Å². The molecule has 7 heteroatoms. The Morgan fingerprint density at radius 1 is 1.04 bits per heavy atom. The van der Waals surface area contributed by atoms with E-state index in [2.05, 4.69) is 16.2 Å². The highest BCUT2D eigenvalue weighted by Crippen LogP contribution is 2.14. The van der Waals surface area contributed by atoms with Crippen LogP contribution in [0.1, 0.15) is 12.0 Å². The number of thiocarbonyl (C=S) groups is 1. The van der Waals surface area contributed by atoms with E-state index in [-0.39, 0.29) is 23.1 Å². The Kier molecular flexibility index (Phi) is 5.99. The molecule has 2 aromatic rings. The summed E-state index contributed by atoms with van der Waals surface area (Å²) in [5.74, 6) is -1.71. The number of halogens is 2. The molecule has 0 unspecified atom stereocenters. The topological polar surface area (TPSA) is 53.2 Å². The first-order valence-corrected chi connectivity index (χ1v) is 7.30. The summed E-state index contributed by atoms with van der Waals surface area (Å²) < 4.78 is 26.2. The van der Waals surface area contributed by atoms with Gasteiger partial charge in [-0.2, -0.15) is 0 Å². The maximum atomic E-state index is 13.4. The van der Waals surface area contributed by atoms with Crippen molar-refractivity contribution in [2.24, 2.45) is 0 Å². The summed E-state index contributed by atoms with van der Waals surface area (Å²) >= 11 is 4.93. The van der Waals surface area contributed by atoms with Gasteiger partial charge in [-0.1, -0.05) is 30.3 Å². The minimum atomic E-state index is -0.774. The Labute approximate surface area is 137 Å². The van der Waals surface area contributed by atoms with Crippen molar-refractivity contribution >= 4 is 28.9 Å². The maximum Gasteiger partial charge on any atom is 0.238 e. The van der Waals surface area contributed by atoms with Crippen molar-refractivity contribution in [3.8, 4) is 0 Å². The molecule has 1 amide bonds. The summed E-state index contributed by atoms with van der Waals surface area (Å²) in [6, 6.07) is 12.6. The second-order valence-electron chi connectivity index (χ2n) is 4.74. The Morgan fingerprint density at radius 2 is 1.78 bits per heavy atom. The molecule has 120 valence electrons. The fourth-order valence-electron chi connectivity index (χ4n) is 1.84. The molecular formula is C16H15F2N3OS. The minimum absolute atomic E-state index is 0.00330. The number of carbonyl (C=O) groups excluding carboxylic acids is 1. The zero-order valence-electron chi connectivity index (χ0n) is 12.1. The van der Waals surface area contributed by atoms with E-state index in [4.69, 9.17) is 12.2 Å². The molecule has 0 spiro atoms. The number of aryl methyl sites for hydroxylation is 1. The molecule has 0 fully saturated rings. The van der Waals surface area contributed by atoms with Gasteiger partial charge in [-0.3, -0.25) is 15.6 Å². The fourth-order valence-corrected chi connectivity index (χ4v) is 2.00. The van der Waals surface area contributed by atoms with Crippen molar-refractivity contribution < 1.29 is 13.6 Å². The van der Waals surface area contributed by atoms with Crippen LogP contribution in [0.4, 0.5) is 14.5 Å². The van der Waals surface area contributed by atoms with Gasteiger partial charge in [0, 0.05) is 12.5 Å². The van der Waals surface area contributed by atoms with Crippen LogP contribution in [0.25, 0.3) is 0 Å². The lowest BCUT2D eigenvalue weighted by Gasteiger charge is -2.12. The summed E-state index contributed by atoms with van der Waals surface area (Å²) in [6.07, 6.45) is 0.881. The molecule has 0 radical (unpaired) electrons. The number of rotatable bonds is 4. The zero-order valence-corrected chi connectivity index (χ0v) is 12.9. The number of carbonyl (C=O) groups is 1. The van der Waals surface area contributed by atoms with Crippen molar-refractivity contribution in [2.75, 3.05) is 5.32 Å². The largest absolute Gasteiger partial charge is 0.329 e. The van der Waals surface area contributed by atoms with Gasteiger partial charge < -0.3 is 5.32 Å². The monoisotopic (exact) mass is 335 g/mol. The van der Waals surface area contributed by atoms with Gasteiger partial charge >= 0.3 is 0 Å². The molecule has 2 aromatic carbocycles. The zero-order chi connectivity index (χ0) is 16.7. The van der Waals surface area contributed by atoms with Gasteiger partial charge in [-0.15, -0.1) is 0 Å². The van der Waals surface area contributed by atoms with E-state index >= 15 is 0 Å². The summed E-state index contributed by atoms with van der Waals surface area (Å²) in [5.41, 5.74) is 5.95. The molecule has 23 heavy (non-hydrogen) atoms. The number of benzene rings is 2. The van der Waals surface area contributed by atoms with Crippen molar-refractivity contribution in [3.05, 3.63) is 65.7 Å². The van der Waals surface area contributed by atoms with Crippen LogP contribution in [-0.2, 0) is 11.2 Å². The number of anilines is 1. The molecule has 3 N–H and O–H groups in total. The normalized spacial score (nSPS) is 10.0. The van der Waals surface area contributed by atoms with E-state index in [1.54, 1.807) is 0 Å². The van der Waals surface area contributed by atoms with Crippen LogP contribution in [0.15, 0.2) is 48.5 Å². The Bertz CT molecular complexity index is 695. The molecule has 0 aromatic heterocycles. The summed E-state index contributed by atoms with van der Waals surface area (Å²) in [5, 5.41) is 2.53. The molecule has 0 saturated carbocycles. The van der Waals surface area contributed by atoms with Crippen LogP contribution in [0, 0.1) is 11.6 Å². The maximum absolute atomic E-state index is 13.4. The van der Waals surface area contributed by atoms with Gasteiger partial charge in [0.2, 0.25) is 5.91 Å². The summed E-state index contributed by atoms with van der Waals surface area (Å²) in [6.45, 7) is 0. The van der Waals surface area contributed by atoms with E-state index in [0.717, 1.165) is 17.7 Å². The van der Waals surface area contributed by atoms with Crippen LogP contribution in [0.3, 0.4) is 0 Å². The van der Waals surface area contributed by atoms with E-state index in [1.807, 2.05) is 30.3 Å². The lowest BCUT2D eigenvalue weighted by Crippen LogP contribution is -2.43. The van der Waals surface area contributed by atoms with Gasteiger partial charge in [-0.05, 0) is 36.3 Å². The smallest absolute Gasteiger partial charge is 0.238 e. The van der Waals surface area contributed by atoms with E-state index < -0.39 is 11.6 Å². The highest BCUT2D eigenvalue weighted by atomic mass is 32.1. The first-order chi connectivity index (χ1) is 11.0. The van der Waals surface area contributed by atoms with Crippen LogP contribution < -0.4 is 16.2 Å². The van der Waals surface area contributed by atoms with Crippen LogP contribution >= 0.6 is 12.2 Å². The molecular weight excluding hydrogens is 320 g/mol. The standard InChI is InChI=1S/C16H15F2N3OS/c17-12-7-8-14(13(18)10-12)19-16(23)21-20-15(22)9-6-11-4-2-1-3-5-11/h1-5,7-8,10H,6,9H2,(H,20,22)(H2,19,21,23). The van der Waals surface area contributed by atoms with Crippen LogP contribution in [0.5, 0.6) is 0 Å². The molecule has 0 aliphatic carbocycles. The third-order valence-electron chi connectivity index (χ3n) is 2.98. The summed E-state index contributed by atoms with van der Waals surface area (Å²) in [4.78, 5) is 11.7. The van der Waals surface area contributed by atoms with E-state index in [9.17, 15) is 13.6 Å².